The number of hydrogen-bond donors (Lipinski definition) is 1. The number of piperazine rings is 1. The van der Waals surface area contributed by atoms with Crippen LogP contribution in [-0.4, -0.2) is 54.1 Å². The van der Waals surface area contributed by atoms with Crippen LogP contribution in [0, 0.1) is 6.92 Å². The summed E-state index contributed by atoms with van der Waals surface area (Å²) in [4.78, 5) is 21.1. The van der Waals surface area contributed by atoms with Crippen molar-refractivity contribution in [3.8, 4) is 5.75 Å². The van der Waals surface area contributed by atoms with Crippen LogP contribution in [-0.2, 0) is 6.54 Å². The lowest BCUT2D eigenvalue weighted by molar-refractivity contribution is 0.142. The van der Waals surface area contributed by atoms with Crippen LogP contribution in [0.1, 0.15) is 11.3 Å². The zero-order chi connectivity index (χ0) is 17.6. The highest BCUT2D eigenvalue weighted by atomic mass is 16.5. The lowest BCUT2D eigenvalue weighted by atomic mass is 10.2. The summed E-state index contributed by atoms with van der Waals surface area (Å²) < 4.78 is 5.32. The second-order valence-corrected chi connectivity index (χ2v) is 6.22. The Kier molecular flexibility index (Phi) is 5.50. The van der Waals surface area contributed by atoms with Crippen LogP contribution in [0.4, 0.5) is 10.5 Å². The Balaban J connectivity index is 1.54. The average Bonchev–Trinajstić information content (AvgIpc) is 2.63. The Hall–Kier alpha value is -2.60. The molecule has 1 saturated heterocycles. The topological polar surface area (TPSA) is 57.7 Å². The van der Waals surface area contributed by atoms with Gasteiger partial charge in [-0.05, 0) is 36.8 Å². The molecule has 3 rings (SSSR count). The number of nitrogens with zero attached hydrogens (tertiary/aromatic N) is 3. The van der Waals surface area contributed by atoms with E-state index in [9.17, 15) is 4.79 Å². The highest BCUT2D eigenvalue weighted by molar-refractivity contribution is 5.91. The summed E-state index contributed by atoms with van der Waals surface area (Å²) >= 11 is 0. The number of amides is 2. The Morgan fingerprint density at radius 3 is 2.68 bits per heavy atom. The molecule has 0 spiro atoms. The smallest absolute Gasteiger partial charge is 0.322 e. The first-order valence-electron chi connectivity index (χ1n) is 8.48. The number of pyridine rings is 1. The van der Waals surface area contributed by atoms with Gasteiger partial charge in [0.1, 0.15) is 5.75 Å². The fourth-order valence-electron chi connectivity index (χ4n) is 2.94. The lowest BCUT2D eigenvalue weighted by Gasteiger charge is -2.34. The van der Waals surface area contributed by atoms with Crippen molar-refractivity contribution in [1.82, 2.24) is 14.8 Å². The van der Waals surface area contributed by atoms with Crippen LogP contribution >= 0.6 is 0 Å². The summed E-state index contributed by atoms with van der Waals surface area (Å²) in [6.07, 6.45) is 1.81. The fraction of sp³-hybridized carbons (Fsp3) is 0.368. The molecule has 0 aliphatic carbocycles. The van der Waals surface area contributed by atoms with E-state index in [1.165, 1.54) is 0 Å². The number of anilines is 1. The predicted octanol–water partition coefficient (Wildman–Crippen LogP) is 2.75. The molecular formula is C19H24N4O2. The van der Waals surface area contributed by atoms with Gasteiger partial charge in [0.05, 0.1) is 18.5 Å². The molecule has 2 aromatic rings. The first kappa shape index (κ1) is 17.2. The summed E-state index contributed by atoms with van der Waals surface area (Å²) in [5, 5.41) is 2.97. The number of hydrogen-bond acceptors (Lipinski definition) is 4. The summed E-state index contributed by atoms with van der Waals surface area (Å²) in [7, 11) is 1.61. The third-order valence-corrected chi connectivity index (χ3v) is 4.37. The molecule has 0 unspecified atom stereocenters. The highest BCUT2D eigenvalue weighted by Gasteiger charge is 2.22. The average molecular weight is 340 g/mol. The van der Waals surface area contributed by atoms with Crippen LogP contribution in [0.3, 0.4) is 0 Å². The molecule has 25 heavy (non-hydrogen) atoms. The molecule has 0 radical (unpaired) electrons. The molecular weight excluding hydrogens is 316 g/mol. The Bertz CT molecular complexity index is 713. The number of carbonyl (C=O) groups is 1. The maximum Gasteiger partial charge on any atom is 0.322 e. The molecule has 1 aromatic heterocycles. The normalized spacial score (nSPS) is 15.0. The second kappa shape index (κ2) is 7.98. The monoisotopic (exact) mass is 340 g/mol. The van der Waals surface area contributed by atoms with Gasteiger partial charge in [0.2, 0.25) is 0 Å². The fourth-order valence-corrected chi connectivity index (χ4v) is 2.94. The van der Waals surface area contributed by atoms with Crippen LogP contribution in [0.25, 0.3) is 0 Å². The number of aromatic nitrogens is 1. The molecule has 2 heterocycles. The molecule has 132 valence electrons. The molecule has 1 N–H and O–H groups in total. The largest absolute Gasteiger partial charge is 0.495 e. The number of nitrogens with one attached hydrogen (secondary N) is 1. The van der Waals surface area contributed by atoms with Gasteiger partial charge < -0.3 is 15.0 Å². The maximum absolute atomic E-state index is 12.5. The van der Waals surface area contributed by atoms with Crippen LogP contribution in [0.5, 0.6) is 5.75 Å². The zero-order valence-electron chi connectivity index (χ0n) is 14.7. The van der Waals surface area contributed by atoms with Crippen molar-refractivity contribution in [1.29, 1.82) is 0 Å². The van der Waals surface area contributed by atoms with E-state index in [-0.39, 0.29) is 6.03 Å². The first-order chi connectivity index (χ1) is 12.2. The van der Waals surface area contributed by atoms with Gasteiger partial charge in [-0.25, -0.2) is 4.79 Å². The third-order valence-electron chi connectivity index (χ3n) is 4.37. The lowest BCUT2D eigenvalue weighted by Crippen LogP contribution is -2.49. The van der Waals surface area contributed by atoms with Gasteiger partial charge in [-0.2, -0.15) is 0 Å². The van der Waals surface area contributed by atoms with Crippen molar-refractivity contribution < 1.29 is 9.53 Å². The van der Waals surface area contributed by atoms with E-state index in [0.717, 1.165) is 30.9 Å². The van der Waals surface area contributed by atoms with Gasteiger partial charge in [0, 0.05) is 38.9 Å². The number of rotatable bonds is 4. The summed E-state index contributed by atoms with van der Waals surface area (Å²) in [5.41, 5.74) is 2.85. The molecule has 1 aliphatic rings. The van der Waals surface area contributed by atoms with Crippen molar-refractivity contribution in [3.05, 3.63) is 53.9 Å². The van der Waals surface area contributed by atoms with Crippen molar-refractivity contribution in [2.75, 3.05) is 38.6 Å². The van der Waals surface area contributed by atoms with Gasteiger partial charge >= 0.3 is 6.03 Å². The molecule has 1 aliphatic heterocycles. The predicted molar refractivity (Wildman–Crippen MR) is 97.8 cm³/mol. The Morgan fingerprint density at radius 1 is 1.20 bits per heavy atom. The van der Waals surface area contributed by atoms with Gasteiger partial charge in [0.15, 0.2) is 0 Å². The molecule has 1 aromatic carbocycles. The second-order valence-electron chi connectivity index (χ2n) is 6.22. The Morgan fingerprint density at radius 2 is 2.00 bits per heavy atom. The van der Waals surface area contributed by atoms with E-state index < -0.39 is 0 Å². The van der Waals surface area contributed by atoms with Gasteiger partial charge in [-0.15, -0.1) is 0 Å². The molecule has 0 bridgehead atoms. The minimum atomic E-state index is -0.0820. The third kappa shape index (κ3) is 4.48. The van der Waals surface area contributed by atoms with Crippen LogP contribution < -0.4 is 10.1 Å². The van der Waals surface area contributed by atoms with Crippen LogP contribution in [0.15, 0.2) is 42.6 Å². The van der Waals surface area contributed by atoms with E-state index in [2.05, 4.69) is 15.2 Å². The standard InChI is InChI=1S/C19H24N4O2/c1-15-6-7-18(25-2)17(13-15)21-19(24)23-11-9-22(10-12-23)14-16-5-3-4-8-20-16/h3-8,13H,9-12,14H2,1-2H3,(H,21,24). The van der Waals surface area contributed by atoms with Crippen molar-refractivity contribution in [2.24, 2.45) is 0 Å². The van der Waals surface area contributed by atoms with Gasteiger partial charge in [-0.3, -0.25) is 9.88 Å². The summed E-state index contributed by atoms with van der Waals surface area (Å²) in [6.45, 7) is 5.90. The van der Waals surface area contributed by atoms with Crippen molar-refractivity contribution >= 4 is 11.7 Å². The quantitative estimate of drug-likeness (QED) is 0.930. The Labute approximate surface area is 148 Å². The van der Waals surface area contributed by atoms with Gasteiger partial charge in [0.25, 0.3) is 0 Å². The minimum absolute atomic E-state index is 0.0820. The molecule has 1 fully saturated rings. The highest BCUT2D eigenvalue weighted by Crippen LogP contribution is 2.25. The molecule has 0 saturated carbocycles. The van der Waals surface area contributed by atoms with Crippen molar-refractivity contribution in [2.45, 2.75) is 13.5 Å². The van der Waals surface area contributed by atoms with Crippen molar-refractivity contribution in [3.63, 3.8) is 0 Å². The molecule has 6 heteroatoms. The summed E-state index contributed by atoms with van der Waals surface area (Å²) in [5.74, 6) is 0.674. The van der Waals surface area contributed by atoms with Gasteiger partial charge in [-0.1, -0.05) is 12.1 Å². The minimum Gasteiger partial charge on any atom is -0.495 e. The molecule has 6 nitrogen and oxygen atoms in total. The SMILES string of the molecule is COc1ccc(C)cc1NC(=O)N1CCN(Cc2ccccn2)CC1. The number of urea groups is 1. The number of benzene rings is 1. The number of ether oxygens (including phenoxy) is 1. The van der Waals surface area contributed by atoms with Crippen LogP contribution in [0.2, 0.25) is 0 Å². The zero-order valence-corrected chi connectivity index (χ0v) is 14.7. The van der Waals surface area contributed by atoms with E-state index in [1.54, 1.807) is 7.11 Å². The van der Waals surface area contributed by atoms with E-state index >= 15 is 0 Å². The maximum atomic E-state index is 12.5. The van der Waals surface area contributed by atoms with E-state index in [0.29, 0.717) is 24.5 Å². The number of aryl methyl sites for hydroxylation is 1. The summed E-state index contributed by atoms with van der Waals surface area (Å²) in [6, 6.07) is 11.6. The molecule has 2 amide bonds. The first-order valence-corrected chi connectivity index (χ1v) is 8.48. The van der Waals surface area contributed by atoms with E-state index in [4.69, 9.17) is 4.74 Å². The number of carbonyl (C=O) groups excluding carboxylic acids is 1. The molecule has 0 atom stereocenters. The number of methoxy groups -OCH3 is 1. The van der Waals surface area contributed by atoms with E-state index in [1.807, 2.05) is 54.4 Å².